The first-order valence-corrected chi connectivity index (χ1v) is 13.4. The van der Waals surface area contributed by atoms with Gasteiger partial charge < -0.3 is 9.64 Å². The van der Waals surface area contributed by atoms with Crippen molar-refractivity contribution in [1.82, 2.24) is 9.88 Å². The minimum absolute atomic E-state index is 0.0411. The van der Waals surface area contributed by atoms with E-state index in [9.17, 15) is 13.2 Å². The zero-order chi connectivity index (χ0) is 22.9. The van der Waals surface area contributed by atoms with Gasteiger partial charge in [0.25, 0.3) is 0 Å². The maximum atomic E-state index is 13.6. The first-order chi connectivity index (χ1) is 15.0. The molecule has 1 amide bonds. The lowest BCUT2D eigenvalue weighted by molar-refractivity contribution is -0.143. The molecule has 1 aliphatic heterocycles. The van der Waals surface area contributed by atoms with Crippen molar-refractivity contribution in [3.05, 3.63) is 23.9 Å². The second-order valence-electron chi connectivity index (χ2n) is 11.1. The van der Waals surface area contributed by atoms with Gasteiger partial charge in [-0.05, 0) is 55.9 Å². The van der Waals surface area contributed by atoms with Crippen LogP contribution in [0, 0.1) is 40.4 Å². The van der Waals surface area contributed by atoms with Crippen molar-refractivity contribution >= 4 is 15.7 Å². The molecule has 0 radical (unpaired) electrons. The topological polar surface area (TPSA) is 100 Å². The number of carbonyl (C=O) groups is 1. The van der Waals surface area contributed by atoms with Gasteiger partial charge in [-0.15, -0.1) is 0 Å². The number of rotatable bonds is 5. The van der Waals surface area contributed by atoms with Crippen molar-refractivity contribution < 1.29 is 17.9 Å². The van der Waals surface area contributed by atoms with Crippen molar-refractivity contribution in [2.24, 2.45) is 29.1 Å². The van der Waals surface area contributed by atoms with Crippen molar-refractivity contribution in [1.29, 1.82) is 5.26 Å². The number of hydrogen-bond donors (Lipinski definition) is 0. The van der Waals surface area contributed by atoms with Crippen LogP contribution in [0.4, 0.5) is 0 Å². The van der Waals surface area contributed by atoms with Gasteiger partial charge in [-0.25, -0.2) is 13.4 Å². The largest absolute Gasteiger partial charge is 0.477 e. The fourth-order valence-electron chi connectivity index (χ4n) is 7.31. The van der Waals surface area contributed by atoms with Gasteiger partial charge in [0.15, 0.2) is 9.84 Å². The van der Waals surface area contributed by atoms with Gasteiger partial charge >= 0.3 is 0 Å². The van der Waals surface area contributed by atoms with E-state index < -0.39 is 20.0 Å². The molecule has 0 N–H and O–H groups in total. The monoisotopic (exact) mass is 457 g/mol. The maximum absolute atomic E-state index is 13.6. The SMILES string of the molecule is CC1(C)C(=O)N([C@H]2C3CC4CC(C3)CC2(S(C)(=O)=O)C4)CC1COc1ccc(C#N)cn1. The lowest BCUT2D eigenvalue weighted by Gasteiger charge is -2.62. The highest BCUT2D eigenvalue weighted by Gasteiger charge is 2.66. The summed E-state index contributed by atoms with van der Waals surface area (Å²) in [6.45, 7) is 4.72. The van der Waals surface area contributed by atoms with E-state index in [1.54, 1.807) is 12.1 Å². The number of ether oxygens (including phenoxy) is 1. The number of nitrogens with zero attached hydrogens (tertiary/aromatic N) is 3. The molecule has 172 valence electrons. The fourth-order valence-corrected chi connectivity index (χ4v) is 9.15. The minimum atomic E-state index is -3.31. The number of aromatic nitrogens is 1. The van der Waals surface area contributed by atoms with Crippen LogP contribution in [0.1, 0.15) is 51.5 Å². The molecule has 1 aromatic rings. The molecule has 4 bridgehead atoms. The van der Waals surface area contributed by atoms with Crippen LogP contribution in [0.15, 0.2) is 18.3 Å². The molecule has 6 rings (SSSR count). The molecule has 4 atom stereocenters. The van der Waals surface area contributed by atoms with Crippen molar-refractivity contribution in [3.63, 3.8) is 0 Å². The summed E-state index contributed by atoms with van der Waals surface area (Å²) in [4.78, 5) is 19.7. The summed E-state index contributed by atoms with van der Waals surface area (Å²) < 4.78 is 31.4. The van der Waals surface area contributed by atoms with Gasteiger partial charge in [0.1, 0.15) is 6.07 Å². The summed E-state index contributed by atoms with van der Waals surface area (Å²) in [7, 11) is -3.31. The molecule has 1 aromatic heterocycles. The standard InChI is InChI=1S/C24H31N3O4S/c1-23(2)19(14-31-20-5-4-15(11-25)12-26-20)13-27(22(23)28)21-18-7-16-6-17(8-18)10-24(21,9-16)32(3,29)30/h4-5,12,16-19,21H,6-10,13-14H2,1-3H3/t16?,17?,18?,19?,21-,24?/m0/s1. The van der Waals surface area contributed by atoms with Gasteiger partial charge in [0.2, 0.25) is 11.8 Å². The van der Waals surface area contributed by atoms with Gasteiger partial charge in [0, 0.05) is 31.0 Å². The van der Waals surface area contributed by atoms with Gasteiger partial charge in [-0.1, -0.05) is 13.8 Å². The number of carbonyl (C=O) groups excluding carboxylic acids is 1. The lowest BCUT2D eigenvalue weighted by Crippen LogP contribution is -2.69. The van der Waals surface area contributed by atoms with Gasteiger partial charge in [0.05, 0.1) is 28.4 Å². The molecule has 2 heterocycles. The highest BCUT2D eigenvalue weighted by molar-refractivity contribution is 7.92. The average molecular weight is 458 g/mol. The second kappa shape index (κ2) is 7.18. The second-order valence-corrected chi connectivity index (χ2v) is 13.4. The number of nitriles is 1. The van der Waals surface area contributed by atoms with Crippen LogP contribution >= 0.6 is 0 Å². The molecule has 32 heavy (non-hydrogen) atoms. The zero-order valence-electron chi connectivity index (χ0n) is 19.0. The number of hydrogen-bond acceptors (Lipinski definition) is 6. The molecular weight excluding hydrogens is 426 g/mol. The van der Waals surface area contributed by atoms with Crippen LogP contribution in [-0.2, 0) is 14.6 Å². The molecule has 4 aliphatic carbocycles. The number of pyridine rings is 1. The van der Waals surface area contributed by atoms with E-state index in [0.29, 0.717) is 49.3 Å². The summed E-state index contributed by atoms with van der Waals surface area (Å²) in [5.41, 5.74) is -0.173. The lowest BCUT2D eigenvalue weighted by atomic mass is 9.53. The van der Waals surface area contributed by atoms with Crippen LogP contribution in [0.2, 0.25) is 0 Å². The van der Waals surface area contributed by atoms with E-state index in [1.807, 2.05) is 24.8 Å². The Balaban J connectivity index is 1.40. The zero-order valence-corrected chi connectivity index (χ0v) is 19.8. The number of likely N-dealkylation sites (tertiary alicyclic amines) is 1. The van der Waals surface area contributed by atoms with Gasteiger partial charge in [-0.2, -0.15) is 5.26 Å². The molecule has 3 unspecified atom stereocenters. The molecule has 1 saturated heterocycles. The van der Waals surface area contributed by atoms with Crippen molar-refractivity contribution in [3.8, 4) is 11.9 Å². The predicted molar refractivity (Wildman–Crippen MR) is 118 cm³/mol. The van der Waals surface area contributed by atoms with Gasteiger partial charge in [-0.3, -0.25) is 4.79 Å². The Hall–Kier alpha value is -2.14. The molecule has 5 fully saturated rings. The molecule has 8 heteroatoms. The first kappa shape index (κ1) is 21.7. The Morgan fingerprint density at radius 3 is 2.47 bits per heavy atom. The number of sulfone groups is 1. The Morgan fingerprint density at radius 2 is 1.91 bits per heavy atom. The van der Waals surface area contributed by atoms with Crippen LogP contribution in [0.25, 0.3) is 0 Å². The third-order valence-corrected chi connectivity index (χ3v) is 10.9. The van der Waals surface area contributed by atoms with E-state index in [1.165, 1.54) is 12.5 Å². The first-order valence-electron chi connectivity index (χ1n) is 11.5. The Labute approximate surface area is 190 Å². The molecular formula is C24H31N3O4S. The average Bonchev–Trinajstić information content (AvgIpc) is 2.94. The predicted octanol–water partition coefficient (Wildman–Crippen LogP) is 2.81. The minimum Gasteiger partial charge on any atom is -0.477 e. The highest BCUT2D eigenvalue weighted by Crippen LogP contribution is 2.61. The van der Waals surface area contributed by atoms with Crippen LogP contribution in [0.3, 0.4) is 0 Å². The van der Waals surface area contributed by atoms with Crippen LogP contribution < -0.4 is 4.74 Å². The Kier molecular flexibility index (Phi) is 4.87. The Bertz CT molecular complexity index is 1060. The summed E-state index contributed by atoms with van der Waals surface area (Å²) in [6.07, 6.45) is 7.48. The number of amides is 1. The fraction of sp³-hybridized carbons (Fsp3) is 0.708. The summed E-state index contributed by atoms with van der Waals surface area (Å²) >= 11 is 0. The third-order valence-electron chi connectivity index (χ3n) is 8.81. The maximum Gasteiger partial charge on any atom is 0.229 e. The molecule has 0 aromatic carbocycles. The van der Waals surface area contributed by atoms with E-state index >= 15 is 0 Å². The van der Waals surface area contributed by atoms with Crippen molar-refractivity contribution in [2.75, 3.05) is 19.4 Å². The quantitative estimate of drug-likeness (QED) is 0.674. The third kappa shape index (κ3) is 3.15. The smallest absolute Gasteiger partial charge is 0.229 e. The summed E-state index contributed by atoms with van der Waals surface area (Å²) in [6, 6.07) is 5.13. The van der Waals surface area contributed by atoms with E-state index in [-0.39, 0.29) is 23.8 Å². The molecule has 5 aliphatic rings. The highest BCUT2D eigenvalue weighted by atomic mass is 32.2. The van der Waals surface area contributed by atoms with E-state index in [2.05, 4.69) is 4.98 Å². The molecule has 0 spiro atoms. The van der Waals surface area contributed by atoms with E-state index in [4.69, 9.17) is 10.00 Å². The normalized spacial score (nSPS) is 37.5. The van der Waals surface area contributed by atoms with Crippen molar-refractivity contribution in [2.45, 2.75) is 56.7 Å². The summed E-state index contributed by atoms with van der Waals surface area (Å²) in [5.74, 6) is 1.63. The van der Waals surface area contributed by atoms with Crippen LogP contribution in [0.5, 0.6) is 5.88 Å². The Morgan fingerprint density at radius 1 is 1.22 bits per heavy atom. The molecule has 7 nitrogen and oxygen atoms in total. The van der Waals surface area contributed by atoms with Crippen LogP contribution in [-0.4, -0.2) is 54.4 Å². The van der Waals surface area contributed by atoms with E-state index in [0.717, 1.165) is 19.3 Å². The summed E-state index contributed by atoms with van der Waals surface area (Å²) in [5, 5.41) is 8.93. The molecule has 4 saturated carbocycles.